The van der Waals surface area contributed by atoms with Crippen molar-refractivity contribution >= 4 is 44.4 Å². The number of hydrogen-bond donors (Lipinski definition) is 0. The van der Waals surface area contributed by atoms with Crippen molar-refractivity contribution in [2.45, 2.75) is 18.4 Å². The van der Waals surface area contributed by atoms with Crippen LogP contribution in [0.4, 0.5) is 13.2 Å². The zero-order chi connectivity index (χ0) is 22.1. The molecular weight excluding hydrogens is 487 g/mol. The van der Waals surface area contributed by atoms with Crippen molar-refractivity contribution in [3.05, 3.63) is 58.1 Å². The van der Waals surface area contributed by atoms with E-state index in [-0.39, 0.29) is 27.2 Å². The molecule has 0 aliphatic heterocycles. The van der Waals surface area contributed by atoms with Crippen LogP contribution in [0.5, 0.6) is 5.75 Å². The van der Waals surface area contributed by atoms with Gasteiger partial charge in [0.1, 0.15) is 5.75 Å². The Hall–Kier alpha value is -2.32. The first kappa shape index (κ1) is 22.4. The molecule has 1 heterocycles. The Morgan fingerprint density at radius 3 is 2.57 bits per heavy atom. The van der Waals surface area contributed by atoms with E-state index in [4.69, 9.17) is 21.1 Å². The molecule has 0 N–H and O–H groups in total. The van der Waals surface area contributed by atoms with Gasteiger partial charge in [0.15, 0.2) is 0 Å². The molecule has 0 unspecified atom stereocenters. The second-order valence-corrected chi connectivity index (χ2v) is 7.22. The van der Waals surface area contributed by atoms with E-state index in [9.17, 15) is 18.0 Å². The highest BCUT2D eigenvalue weighted by Crippen LogP contribution is 2.38. The van der Waals surface area contributed by atoms with Crippen molar-refractivity contribution in [3.8, 4) is 17.0 Å². The summed E-state index contributed by atoms with van der Waals surface area (Å²) in [6.07, 6.45) is -4.51. The van der Waals surface area contributed by atoms with E-state index in [1.807, 2.05) is 0 Å². The van der Waals surface area contributed by atoms with Gasteiger partial charge in [0.25, 0.3) is 0 Å². The van der Waals surface area contributed by atoms with Crippen LogP contribution >= 0.6 is 27.5 Å². The summed E-state index contributed by atoms with van der Waals surface area (Å²) in [6, 6.07) is 7.89. The molecule has 0 amide bonds. The lowest BCUT2D eigenvalue weighted by Gasteiger charge is -2.17. The van der Waals surface area contributed by atoms with E-state index >= 15 is 0 Å². The lowest BCUT2D eigenvalue weighted by Crippen LogP contribution is -2.10. The molecule has 0 bridgehead atoms. The van der Waals surface area contributed by atoms with Crippen LogP contribution in [-0.4, -0.2) is 24.7 Å². The van der Waals surface area contributed by atoms with Crippen molar-refractivity contribution in [2.24, 2.45) is 0 Å². The van der Waals surface area contributed by atoms with Crippen LogP contribution < -0.4 is 4.74 Å². The van der Waals surface area contributed by atoms with E-state index in [0.717, 1.165) is 12.1 Å². The minimum atomic E-state index is -4.51. The Morgan fingerprint density at radius 1 is 1.23 bits per heavy atom. The van der Waals surface area contributed by atoms with Gasteiger partial charge in [0.2, 0.25) is 0 Å². The number of pyridine rings is 1. The van der Waals surface area contributed by atoms with Gasteiger partial charge in [0.05, 0.1) is 41.1 Å². The van der Waals surface area contributed by atoms with E-state index in [1.54, 1.807) is 19.1 Å². The molecule has 4 nitrogen and oxygen atoms in total. The summed E-state index contributed by atoms with van der Waals surface area (Å²) in [6.45, 7) is 2.14. The fourth-order valence-electron chi connectivity index (χ4n) is 3.12. The van der Waals surface area contributed by atoms with Crippen LogP contribution in [0.1, 0.15) is 28.4 Å². The summed E-state index contributed by atoms with van der Waals surface area (Å²) in [5.41, 5.74) is 0.564. The van der Waals surface area contributed by atoms with Crippen LogP contribution in [-0.2, 0) is 16.2 Å². The monoisotopic (exact) mass is 501 g/mol. The van der Waals surface area contributed by atoms with Gasteiger partial charge < -0.3 is 9.47 Å². The van der Waals surface area contributed by atoms with E-state index in [0.29, 0.717) is 28.8 Å². The Kier molecular flexibility index (Phi) is 6.57. The lowest BCUT2D eigenvalue weighted by molar-refractivity contribution is -0.137. The van der Waals surface area contributed by atoms with Crippen LogP contribution in [0.15, 0.2) is 36.4 Å². The molecule has 9 heteroatoms. The number of carbonyl (C=O) groups excluding carboxylic acids is 1. The number of carbonyl (C=O) groups is 1. The van der Waals surface area contributed by atoms with Crippen LogP contribution in [0.25, 0.3) is 22.2 Å². The molecule has 30 heavy (non-hydrogen) atoms. The highest BCUT2D eigenvalue weighted by atomic mass is 79.9. The average Bonchev–Trinajstić information content (AvgIpc) is 2.72. The number of nitrogens with zero attached hydrogens (tertiary/aromatic N) is 1. The normalized spacial score (nSPS) is 11.6. The molecule has 0 saturated heterocycles. The Balaban J connectivity index is 2.39. The van der Waals surface area contributed by atoms with E-state index < -0.39 is 17.7 Å². The van der Waals surface area contributed by atoms with Gasteiger partial charge in [-0.05, 0) is 25.1 Å². The van der Waals surface area contributed by atoms with Gasteiger partial charge in [-0.15, -0.1) is 0 Å². The number of alkyl halides is 4. The molecule has 3 aromatic rings. The van der Waals surface area contributed by atoms with Crippen molar-refractivity contribution in [1.29, 1.82) is 0 Å². The molecule has 2 aromatic carbocycles. The second-order valence-electron chi connectivity index (χ2n) is 6.25. The molecule has 3 rings (SSSR count). The van der Waals surface area contributed by atoms with Crippen molar-refractivity contribution < 1.29 is 27.4 Å². The number of halogens is 5. The summed E-state index contributed by atoms with van der Waals surface area (Å²) >= 11 is 9.61. The number of ether oxygens (including phenoxy) is 2. The first-order valence-corrected chi connectivity index (χ1v) is 10.3. The zero-order valence-corrected chi connectivity index (χ0v) is 18.3. The average molecular weight is 503 g/mol. The first-order chi connectivity index (χ1) is 14.2. The maximum atomic E-state index is 13.2. The fourth-order valence-corrected chi connectivity index (χ4v) is 3.88. The number of methoxy groups -OCH3 is 1. The molecule has 0 aliphatic carbocycles. The summed E-state index contributed by atoms with van der Waals surface area (Å²) in [5.74, 6) is -0.290. The summed E-state index contributed by atoms with van der Waals surface area (Å²) in [7, 11) is 1.23. The first-order valence-electron chi connectivity index (χ1n) is 8.82. The standard InChI is InChI=1S/C21H16BrClF3NO3/c1-3-30-17-9-16-13(8-15(17)23)18(20(28)29-2)14(10-22)19(27-16)11-5-4-6-12(7-11)21(24,25)26/h4-9H,3,10H2,1-2H3. The largest absolute Gasteiger partial charge is 0.492 e. The molecule has 0 fully saturated rings. The lowest BCUT2D eigenvalue weighted by atomic mass is 9.96. The number of esters is 1. The topological polar surface area (TPSA) is 48.4 Å². The third-order valence-corrected chi connectivity index (χ3v) is 5.28. The molecule has 0 spiro atoms. The minimum Gasteiger partial charge on any atom is -0.492 e. The van der Waals surface area contributed by atoms with Crippen LogP contribution in [0.3, 0.4) is 0 Å². The SMILES string of the molecule is CCOc1cc2nc(-c3cccc(C(F)(F)F)c3)c(CBr)c(C(=O)OC)c2cc1Cl. The predicted octanol–water partition coefficient (Wildman–Crippen LogP) is 6.65. The smallest absolute Gasteiger partial charge is 0.416 e. The van der Waals surface area contributed by atoms with Crippen molar-refractivity contribution in [2.75, 3.05) is 13.7 Å². The molecular formula is C21H16BrClF3NO3. The van der Waals surface area contributed by atoms with Gasteiger partial charge in [-0.3, -0.25) is 0 Å². The molecule has 0 radical (unpaired) electrons. The van der Waals surface area contributed by atoms with Gasteiger partial charge >= 0.3 is 12.1 Å². The molecule has 158 valence electrons. The van der Waals surface area contributed by atoms with Gasteiger partial charge in [-0.25, -0.2) is 9.78 Å². The number of fused-ring (bicyclic) bond motifs is 1. The highest BCUT2D eigenvalue weighted by Gasteiger charge is 2.31. The van der Waals surface area contributed by atoms with Crippen molar-refractivity contribution in [3.63, 3.8) is 0 Å². The summed E-state index contributed by atoms with van der Waals surface area (Å²) in [4.78, 5) is 17.2. The molecule has 0 saturated carbocycles. The maximum Gasteiger partial charge on any atom is 0.416 e. The quantitative estimate of drug-likeness (QED) is 0.289. The van der Waals surface area contributed by atoms with Crippen molar-refractivity contribution in [1.82, 2.24) is 4.98 Å². The molecule has 1 aromatic heterocycles. The zero-order valence-electron chi connectivity index (χ0n) is 15.9. The number of benzene rings is 2. The third-order valence-electron chi connectivity index (χ3n) is 4.43. The number of hydrogen-bond acceptors (Lipinski definition) is 4. The number of aromatic nitrogens is 1. The summed E-state index contributed by atoms with van der Waals surface area (Å²) in [5, 5.41) is 0.862. The Bertz CT molecular complexity index is 1120. The minimum absolute atomic E-state index is 0.163. The number of rotatable bonds is 5. The second kappa shape index (κ2) is 8.81. The Morgan fingerprint density at radius 2 is 1.97 bits per heavy atom. The van der Waals surface area contributed by atoms with Crippen LogP contribution in [0.2, 0.25) is 5.02 Å². The Labute approximate surface area is 184 Å². The van der Waals surface area contributed by atoms with Gasteiger partial charge in [-0.1, -0.05) is 39.7 Å². The summed E-state index contributed by atoms with van der Waals surface area (Å²) < 4.78 is 50.1. The highest BCUT2D eigenvalue weighted by molar-refractivity contribution is 9.08. The molecule has 0 aliphatic rings. The van der Waals surface area contributed by atoms with Crippen LogP contribution in [0, 0.1) is 0 Å². The van der Waals surface area contributed by atoms with E-state index in [1.165, 1.54) is 19.2 Å². The van der Waals surface area contributed by atoms with Gasteiger partial charge in [0, 0.05) is 27.9 Å². The molecule has 0 atom stereocenters. The van der Waals surface area contributed by atoms with Gasteiger partial charge in [-0.2, -0.15) is 13.2 Å². The fraction of sp³-hybridized carbons (Fsp3) is 0.238. The van der Waals surface area contributed by atoms with E-state index in [2.05, 4.69) is 20.9 Å². The maximum absolute atomic E-state index is 13.2. The third kappa shape index (κ3) is 4.25. The predicted molar refractivity (Wildman–Crippen MR) is 112 cm³/mol.